The fourth-order valence-electron chi connectivity index (χ4n) is 3.45. The van der Waals surface area contributed by atoms with Crippen molar-refractivity contribution in [3.8, 4) is 17.2 Å². The number of carbonyl (C=O) groups excluding carboxylic acids is 1. The lowest BCUT2D eigenvalue weighted by atomic mass is 9.87. The van der Waals surface area contributed by atoms with Crippen LogP contribution in [-0.2, 0) is 11.4 Å². The van der Waals surface area contributed by atoms with Gasteiger partial charge < -0.3 is 19.5 Å². The lowest BCUT2D eigenvalue weighted by Gasteiger charge is -2.23. The number of nitrogens with one attached hydrogen (secondary N) is 2. The lowest BCUT2D eigenvalue weighted by Crippen LogP contribution is -2.23. The summed E-state index contributed by atoms with van der Waals surface area (Å²) in [5.74, 6) is 1.21. The van der Waals surface area contributed by atoms with E-state index >= 15 is 0 Å². The molecule has 1 atom stereocenters. The van der Waals surface area contributed by atoms with E-state index in [1.165, 1.54) is 13.2 Å². The number of halogens is 2. The van der Waals surface area contributed by atoms with Crippen molar-refractivity contribution in [2.24, 2.45) is 0 Å². The molecule has 0 spiro atoms. The van der Waals surface area contributed by atoms with Crippen LogP contribution in [-0.4, -0.2) is 29.8 Å². The van der Waals surface area contributed by atoms with Crippen LogP contribution >= 0.6 is 0 Å². The number of ether oxygens (including phenoxy) is 3. The molecule has 1 aliphatic rings. The Morgan fingerprint density at radius 2 is 2.00 bits per heavy atom. The normalized spacial score (nSPS) is 15.5. The first-order valence-corrected chi connectivity index (χ1v) is 9.22. The van der Waals surface area contributed by atoms with Crippen LogP contribution in [0.1, 0.15) is 29.0 Å². The maximum atomic E-state index is 12.6. The number of nitrogens with zero attached hydrogens (tertiary/aromatic N) is 1. The molecule has 156 valence electrons. The van der Waals surface area contributed by atoms with E-state index < -0.39 is 6.61 Å². The van der Waals surface area contributed by atoms with E-state index in [1.807, 2.05) is 6.07 Å². The molecule has 1 amide bonds. The Balaban J connectivity index is 1.55. The standard InChI is InChI=1S/C21H19F2N3O4/c1-28-18-8-12(14-9-19(27)25-20-15(14)10-24-26-20)6-7-17(18)29-11-13-4-2-3-5-16(13)30-21(22)23/h2-8,10,14,21H,9,11H2,1H3,(H2,24,25,26,27). The molecule has 1 unspecified atom stereocenters. The summed E-state index contributed by atoms with van der Waals surface area (Å²) >= 11 is 0. The van der Waals surface area contributed by atoms with Crippen LogP contribution in [0, 0.1) is 0 Å². The van der Waals surface area contributed by atoms with Gasteiger partial charge in [0.05, 0.1) is 7.11 Å². The van der Waals surface area contributed by atoms with Crippen molar-refractivity contribution < 1.29 is 27.8 Å². The number of para-hydroxylation sites is 1. The number of hydrogen-bond acceptors (Lipinski definition) is 5. The third kappa shape index (κ3) is 4.05. The molecule has 2 aromatic carbocycles. The van der Waals surface area contributed by atoms with Crippen LogP contribution in [0.5, 0.6) is 17.2 Å². The lowest BCUT2D eigenvalue weighted by molar-refractivity contribution is -0.116. The van der Waals surface area contributed by atoms with Gasteiger partial charge in [-0.25, -0.2) is 0 Å². The van der Waals surface area contributed by atoms with Crippen LogP contribution in [0.2, 0.25) is 0 Å². The van der Waals surface area contributed by atoms with Crippen molar-refractivity contribution in [3.63, 3.8) is 0 Å². The van der Waals surface area contributed by atoms with Crippen molar-refractivity contribution >= 4 is 11.7 Å². The summed E-state index contributed by atoms with van der Waals surface area (Å²) in [4.78, 5) is 12.0. The summed E-state index contributed by atoms with van der Waals surface area (Å²) in [5.41, 5.74) is 2.25. The highest BCUT2D eigenvalue weighted by molar-refractivity contribution is 5.94. The molecule has 0 aliphatic carbocycles. The Morgan fingerprint density at radius 3 is 2.80 bits per heavy atom. The number of carbonyl (C=O) groups is 1. The first kappa shape index (κ1) is 19.7. The van der Waals surface area contributed by atoms with Crippen molar-refractivity contribution in [2.45, 2.75) is 25.6 Å². The van der Waals surface area contributed by atoms with Gasteiger partial charge in [0.1, 0.15) is 12.4 Å². The van der Waals surface area contributed by atoms with Crippen LogP contribution in [0.3, 0.4) is 0 Å². The first-order chi connectivity index (χ1) is 14.5. The highest BCUT2D eigenvalue weighted by Gasteiger charge is 2.29. The summed E-state index contributed by atoms with van der Waals surface area (Å²) in [7, 11) is 1.51. The summed E-state index contributed by atoms with van der Waals surface area (Å²) in [5, 5.41) is 9.56. The molecule has 0 saturated carbocycles. The second-order valence-corrected chi connectivity index (χ2v) is 6.68. The number of rotatable bonds is 7. The van der Waals surface area contributed by atoms with Gasteiger partial charge in [-0.1, -0.05) is 24.3 Å². The fraction of sp³-hybridized carbons (Fsp3) is 0.238. The van der Waals surface area contributed by atoms with Gasteiger partial charge in [0.25, 0.3) is 0 Å². The molecule has 1 aromatic heterocycles. The molecule has 1 aliphatic heterocycles. The SMILES string of the molecule is COc1cc(C2CC(=O)Nc3n[nH]cc32)ccc1OCc1ccccc1OC(F)F. The molecule has 3 aromatic rings. The van der Waals surface area contributed by atoms with Gasteiger partial charge in [0.2, 0.25) is 5.91 Å². The number of aromatic nitrogens is 2. The number of fused-ring (bicyclic) bond motifs is 1. The Kier molecular flexibility index (Phi) is 5.51. The van der Waals surface area contributed by atoms with Gasteiger partial charge >= 0.3 is 6.61 Å². The van der Waals surface area contributed by atoms with Crippen molar-refractivity contribution in [3.05, 3.63) is 65.4 Å². The molecule has 4 rings (SSSR count). The van der Waals surface area contributed by atoms with Crippen molar-refractivity contribution in [2.75, 3.05) is 12.4 Å². The molecule has 30 heavy (non-hydrogen) atoms. The van der Waals surface area contributed by atoms with Crippen LogP contribution in [0.25, 0.3) is 0 Å². The summed E-state index contributed by atoms with van der Waals surface area (Å²) in [6.45, 7) is -2.89. The van der Waals surface area contributed by atoms with Gasteiger partial charge in [0, 0.05) is 29.7 Å². The van der Waals surface area contributed by atoms with Gasteiger partial charge in [-0.3, -0.25) is 9.89 Å². The Hall–Kier alpha value is -3.62. The smallest absolute Gasteiger partial charge is 0.387 e. The monoisotopic (exact) mass is 415 g/mol. The van der Waals surface area contributed by atoms with E-state index in [-0.39, 0.29) is 30.6 Å². The fourth-order valence-corrected chi connectivity index (χ4v) is 3.45. The van der Waals surface area contributed by atoms with Gasteiger partial charge in [-0.05, 0) is 23.8 Å². The summed E-state index contributed by atoms with van der Waals surface area (Å²) in [6, 6.07) is 11.8. The second-order valence-electron chi connectivity index (χ2n) is 6.68. The predicted molar refractivity (Wildman–Crippen MR) is 104 cm³/mol. The van der Waals surface area contributed by atoms with E-state index in [1.54, 1.807) is 36.5 Å². The van der Waals surface area contributed by atoms with Gasteiger partial charge in [-0.15, -0.1) is 0 Å². The number of alkyl halides is 2. The highest BCUT2D eigenvalue weighted by atomic mass is 19.3. The predicted octanol–water partition coefficient (Wildman–Crippen LogP) is 4.07. The zero-order valence-corrected chi connectivity index (χ0v) is 16.0. The maximum Gasteiger partial charge on any atom is 0.387 e. The van der Waals surface area contributed by atoms with Crippen molar-refractivity contribution in [1.29, 1.82) is 0 Å². The minimum atomic E-state index is -2.92. The molecule has 0 saturated heterocycles. The molecular weight excluding hydrogens is 396 g/mol. The second kappa shape index (κ2) is 8.40. The summed E-state index contributed by atoms with van der Waals surface area (Å²) < 4.78 is 41.0. The quantitative estimate of drug-likeness (QED) is 0.608. The number of anilines is 1. The minimum Gasteiger partial charge on any atom is -0.493 e. The zero-order valence-electron chi connectivity index (χ0n) is 16.0. The number of aromatic amines is 1. The Labute approximate surface area is 171 Å². The average molecular weight is 415 g/mol. The third-order valence-corrected chi connectivity index (χ3v) is 4.85. The van der Waals surface area contributed by atoms with Crippen LogP contribution in [0.15, 0.2) is 48.7 Å². The van der Waals surface area contributed by atoms with E-state index in [4.69, 9.17) is 9.47 Å². The minimum absolute atomic E-state index is 0.0241. The van der Waals surface area contributed by atoms with Crippen LogP contribution < -0.4 is 19.5 Å². The zero-order chi connectivity index (χ0) is 21.1. The number of amides is 1. The average Bonchev–Trinajstić information content (AvgIpc) is 3.20. The highest BCUT2D eigenvalue weighted by Crippen LogP contribution is 2.39. The third-order valence-electron chi connectivity index (χ3n) is 4.85. The molecule has 2 heterocycles. The summed E-state index contributed by atoms with van der Waals surface area (Å²) in [6.07, 6.45) is 2.05. The molecule has 0 fully saturated rings. The molecular formula is C21H19F2N3O4. The van der Waals surface area contributed by atoms with E-state index in [0.29, 0.717) is 22.9 Å². The number of H-pyrrole nitrogens is 1. The van der Waals surface area contributed by atoms with Crippen molar-refractivity contribution in [1.82, 2.24) is 10.2 Å². The van der Waals surface area contributed by atoms with E-state index in [2.05, 4.69) is 20.3 Å². The molecule has 2 N–H and O–H groups in total. The number of methoxy groups -OCH3 is 1. The molecule has 9 heteroatoms. The topological polar surface area (TPSA) is 85.5 Å². The molecule has 0 bridgehead atoms. The van der Waals surface area contributed by atoms with Crippen LogP contribution in [0.4, 0.5) is 14.6 Å². The van der Waals surface area contributed by atoms with Gasteiger partial charge in [0.15, 0.2) is 17.3 Å². The Morgan fingerprint density at radius 1 is 1.17 bits per heavy atom. The Bertz CT molecular complexity index is 1050. The largest absolute Gasteiger partial charge is 0.493 e. The number of benzene rings is 2. The first-order valence-electron chi connectivity index (χ1n) is 9.22. The molecule has 7 nitrogen and oxygen atoms in total. The van der Waals surface area contributed by atoms with Gasteiger partial charge in [-0.2, -0.15) is 13.9 Å². The van der Waals surface area contributed by atoms with E-state index in [0.717, 1.165) is 11.1 Å². The number of hydrogen-bond donors (Lipinski definition) is 2. The molecule has 0 radical (unpaired) electrons. The maximum absolute atomic E-state index is 12.6. The van der Waals surface area contributed by atoms with E-state index in [9.17, 15) is 13.6 Å².